The van der Waals surface area contributed by atoms with E-state index in [1.165, 1.54) is 10.8 Å². The minimum Gasteiger partial charge on any atom is -0.444 e. The molecule has 35 heavy (non-hydrogen) atoms. The van der Waals surface area contributed by atoms with Crippen molar-refractivity contribution in [2.24, 2.45) is 15.9 Å². The molecule has 11 heteroatoms. The largest absolute Gasteiger partial charge is 0.444 e. The van der Waals surface area contributed by atoms with Crippen molar-refractivity contribution in [1.29, 1.82) is 0 Å². The second-order valence-corrected chi connectivity index (χ2v) is 10.0. The van der Waals surface area contributed by atoms with Gasteiger partial charge in [-0.25, -0.2) is 19.1 Å². The molecular weight excluding hydrogens is 472 g/mol. The van der Waals surface area contributed by atoms with Crippen molar-refractivity contribution in [3.63, 3.8) is 0 Å². The Morgan fingerprint density at radius 1 is 1.11 bits per heavy atom. The molecule has 1 heterocycles. The standard InChI is InChI=1S/C24H33ClN6O4/c1-23(2,3)34-21(32)29-20-28-15-19(31(20)22(33)35-24(4,5)6)16-9-11-17(12-10-16)27-14-18(30-26)8-7-13-25/h9-12,14-15H,7-8,13,26H2,1-6H3,(H,28,29,32). The number of alkyl halides is 1. The fraction of sp³-hybridized carbons (Fsp3) is 0.458. The van der Waals surface area contributed by atoms with Crippen molar-refractivity contribution >= 4 is 47.3 Å². The first-order valence-corrected chi connectivity index (χ1v) is 11.6. The van der Waals surface area contributed by atoms with Gasteiger partial charge in [0, 0.05) is 11.4 Å². The van der Waals surface area contributed by atoms with Crippen LogP contribution >= 0.6 is 11.6 Å². The van der Waals surface area contributed by atoms with Crippen molar-refractivity contribution < 1.29 is 19.1 Å². The van der Waals surface area contributed by atoms with E-state index in [1.807, 2.05) is 0 Å². The van der Waals surface area contributed by atoms with Gasteiger partial charge in [0.2, 0.25) is 5.95 Å². The van der Waals surface area contributed by atoms with Gasteiger partial charge in [-0.3, -0.25) is 10.3 Å². The Morgan fingerprint density at radius 2 is 1.74 bits per heavy atom. The maximum absolute atomic E-state index is 13.0. The number of benzene rings is 1. The summed E-state index contributed by atoms with van der Waals surface area (Å²) in [6, 6.07) is 7.10. The van der Waals surface area contributed by atoms with Gasteiger partial charge in [0.25, 0.3) is 0 Å². The van der Waals surface area contributed by atoms with Gasteiger partial charge in [-0.2, -0.15) is 5.10 Å². The van der Waals surface area contributed by atoms with E-state index >= 15 is 0 Å². The van der Waals surface area contributed by atoms with Crippen LogP contribution in [0.2, 0.25) is 0 Å². The lowest BCUT2D eigenvalue weighted by molar-refractivity contribution is 0.0542. The van der Waals surface area contributed by atoms with Crippen LogP contribution in [-0.2, 0) is 9.47 Å². The number of imidazole rings is 1. The van der Waals surface area contributed by atoms with Crippen LogP contribution in [0.3, 0.4) is 0 Å². The van der Waals surface area contributed by atoms with Gasteiger partial charge in [-0.1, -0.05) is 12.1 Å². The first-order valence-electron chi connectivity index (χ1n) is 11.1. The number of aliphatic imine (C=N–C) groups is 1. The van der Waals surface area contributed by atoms with E-state index in [1.54, 1.807) is 72.0 Å². The molecule has 0 saturated carbocycles. The molecule has 190 valence electrons. The van der Waals surface area contributed by atoms with E-state index in [4.69, 9.17) is 26.9 Å². The summed E-state index contributed by atoms with van der Waals surface area (Å²) in [4.78, 5) is 33.9. The Morgan fingerprint density at radius 3 is 2.29 bits per heavy atom. The smallest absolute Gasteiger partial charge is 0.421 e. The van der Waals surface area contributed by atoms with Crippen molar-refractivity contribution in [1.82, 2.24) is 9.55 Å². The molecule has 0 unspecified atom stereocenters. The number of hydrogen-bond donors (Lipinski definition) is 2. The number of nitrogens with zero attached hydrogens (tertiary/aromatic N) is 4. The number of nitrogens with two attached hydrogens (primary N) is 1. The number of ether oxygens (including phenoxy) is 2. The third-order valence-electron chi connectivity index (χ3n) is 4.21. The summed E-state index contributed by atoms with van der Waals surface area (Å²) in [5.74, 6) is 5.89. The van der Waals surface area contributed by atoms with Crippen molar-refractivity contribution in [3.05, 3.63) is 30.5 Å². The molecule has 0 atom stereocenters. The normalized spacial score (nSPS) is 12.6. The lowest BCUT2D eigenvalue weighted by Gasteiger charge is -2.22. The topological polar surface area (TPSA) is 133 Å². The molecule has 0 bridgehead atoms. The Hall–Kier alpha value is -3.40. The molecule has 0 fully saturated rings. The maximum Gasteiger partial charge on any atom is 0.421 e. The highest BCUT2D eigenvalue weighted by Gasteiger charge is 2.26. The Bertz CT molecular complexity index is 1080. The first-order chi connectivity index (χ1) is 16.3. The van der Waals surface area contributed by atoms with Crippen LogP contribution < -0.4 is 11.2 Å². The molecule has 1 amide bonds. The molecule has 0 aliphatic carbocycles. The van der Waals surface area contributed by atoms with Crippen molar-refractivity contribution in [2.45, 2.75) is 65.6 Å². The van der Waals surface area contributed by atoms with Gasteiger partial charge in [0.15, 0.2) is 0 Å². The Labute approximate surface area is 210 Å². The van der Waals surface area contributed by atoms with Crippen LogP contribution in [0.25, 0.3) is 11.3 Å². The van der Waals surface area contributed by atoms with Crippen LogP contribution in [0, 0.1) is 0 Å². The molecule has 0 saturated heterocycles. The van der Waals surface area contributed by atoms with Crippen LogP contribution in [0.15, 0.2) is 40.6 Å². The van der Waals surface area contributed by atoms with Crippen molar-refractivity contribution in [2.75, 3.05) is 11.2 Å². The number of anilines is 1. The minimum absolute atomic E-state index is 0.0197. The van der Waals surface area contributed by atoms with Crippen LogP contribution in [-0.4, -0.2) is 50.7 Å². The highest BCUT2D eigenvalue weighted by molar-refractivity contribution is 6.31. The first kappa shape index (κ1) is 27.8. The number of rotatable bonds is 7. The zero-order chi connectivity index (χ0) is 26.2. The monoisotopic (exact) mass is 504 g/mol. The Kier molecular flexibility index (Phi) is 9.41. The number of aromatic nitrogens is 2. The van der Waals surface area contributed by atoms with Crippen molar-refractivity contribution in [3.8, 4) is 11.3 Å². The number of hydrogen-bond acceptors (Lipinski definition) is 8. The SMILES string of the molecule is CC(C)(C)OC(=O)Nc1ncc(-c2ccc(N=CC(CCCCl)=NN)cc2)n1C(=O)OC(C)(C)C. The molecule has 2 rings (SSSR count). The summed E-state index contributed by atoms with van der Waals surface area (Å²) in [6.07, 6.45) is 3.01. The fourth-order valence-corrected chi connectivity index (χ4v) is 2.94. The highest BCUT2D eigenvalue weighted by Crippen LogP contribution is 2.27. The molecule has 1 aromatic heterocycles. The van der Waals surface area contributed by atoms with Gasteiger partial charge < -0.3 is 15.3 Å². The number of hydrazone groups is 1. The number of nitrogens with one attached hydrogen (secondary N) is 1. The van der Waals surface area contributed by atoms with E-state index < -0.39 is 23.4 Å². The molecule has 0 spiro atoms. The molecule has 2 aromatic rings. The van der Waals surface area contributed by atoms with E-state index in [0.29, 0.717) is 35.0 Å². The molecule has 10 nitrogen and oxygen atoms in total. The number of carbonyl (C=O) groups is 2. The van der Waals surface area contributed by atoms with Gasteiger partial charge >= 0.3 is 12.2 Å². The van der Waals surface area contributed by atoms with E-state index in [0.717, 1.165) is 6.42 Å². The predicted molar refractivity (Wildman–Crippen MR) is 139 cm³/mol. The predicted octanol–water partition coefficient (Wildman–Crippen LogP) is 5.72. The summed E-state index contributed by atoms with van der Waals surface area (Å²) in [6.45, 7) is 10.5. The third-order valence-corrected chi connectivity index (χ3v) is 4.48. The molecular formula is C24H33ClN6O4. The zero-order valence-corrected chi connectivity index (χ0v) is 21.7. The second-order valence-electron chi connectivity index (χ2n) is 9.63. The quantitative estimate of drug-likeness (QED) is 0.214. The average molecular weight is 505 g/mol. The molecule has 0 radical (unpaired) electrons. The van der Waals surface area contributed by atoms with Gasteiger partial charge in [0.1, 0.15) is 11.2 Å². The Balaban J connectivity index is 2.35. The van der Waals surface area contributed by atoms with Crippen LogP contribution in [0.5, 0.6) is 0 Å². The summed E-state index contributed by atoms with van der Waals surface area (Å²) in [5, 5.41) is 6.24. The van der Waals surface area contributed by atoms with E-state index in [-0.39, 0.29) is 5.95 Å². The lowest BCUT2D eigenvalue weighted by Crippen LogP contribution is -2.31. The number of carbonyl (C=O) groups excluding carboxylic acids is 2. The van der Waals surface area contributed by atoms with Gasteiger partial charge in [0.05, 0.1) is 29.5 Å². The molecule has 0 aliphatic heterocycles. The van der Waals surface area contributed by atoms with Gasteiger partial charge in [-0.15, -0.1) is 11.6 Å². The van der Waals surface area contributed by atoms with E-state index in [9.17, 15) is 9.59 Å². The van der Waals surface area contributed by atoms with Gasteiger partial charge in [-0.05, 0) is 66.5 Å². The lowest BCUT2D eigenvalue weighted by atomic mass is 10.1. The molecule has 0 aliphatic rings. The average Bonchev–Trinajstić information content (AvgIpc) is 3.15. The third kappa shape index (κ3) is 9.05. The van der Waals surface area contributed by atoms with Crippen LogP contribution in [0.1, 0.15) is 54.4 Å². The van der Waals surface area contributed by atoms with E-state index in [2.05, 4.69) is 20.4 Å². The summed E-state index contributed by atoms with van der Waals surface area (Å²) in [5.41, 5.74) is 0.908. The molecule has 3 N–H and O–H groups in total. The fourth-order valence-electron chi connectivity index (χ4n) is 2.81. The maximum atomic E-state index is 13.0. The second kappa shape index (κ2) is 11.8. The molecule has 1 aromatic carbocycles. The summed E-state index contributed by atoms with van der Waals surface area (Å²) >= 11 is 5.71. The zero-order valence-electron chi connectivity index (χ0n) is 21.0. The summed E-state index contributed by atoms with van der Waals surface area (Å²) in [7, 11) is 0. The summed E-state index contributed by atoms with van der Waals surface area (Å²) < 4.78 is 12.0. The minimum atomic E-state index is -0.758. The highest BCUT2D eigenvalue weighted by atomic mass is 35.5. The number of amides is 1. The number of halogens is 1. The van der Waals surface area contributed by atoms with Crippen LogP contribution in [0.4, 0.5) is 21.2 Å².